The molecule has 0 N–H and O–H groups in total. The Hall–Kier alpha value is -0.890. The number of aromatic nitrogens is 1. The Bertz CT molecular complexity index is 695. The van der Waals surface area contributed by atoms with Gasteiger partial charge in [-0.3, -0.25) is 0 Å². The monoisotopic (exact) mass is 334 g/mol. The maximum absolute atomic E-state index is 12.5. The van der Waals surface area contributed by atoms with Crippen LogP contribution in [0, 0.1) is 20.8 Å². The van der Waals surface area contributed by atoms with Gasteiger partial charge in [0.15, 0.2) is 0 Å². The van der Waals surface area contributed by atoms with Gasteiger partial charge in [0.25, 0.3) is 10.0 Å². The van der Waals surface area contributed by atoms with Gasteiger partial charge >= 0.3 is 0 Å². The third kappa shape index (κ3) is 2.76. The summed E-state index contributed by atoms with van der Waals surface area (Å²) < 4.78 is 32.0. The second-order valence-electron chi connectivity index (χ2n) is 4.59. The molecular weight excluding hydrogens is 320 g/mol. The number of hydrogen-bond acceptors (Lipinski definition) is 5. The van der Waals surface area contributed by atoms with Crippen molar-refractivity contribution in [3.8, 4) is 0 Å². The molecule has 0 aliphatic heterocycles. The number of hydrogen-bond donors (Lipinski definition) is 0. The van der Waals surface area contributed by atoms with Gasteiger partial charge in [0.2, 0.25) is 0 Å². The van der Waals surface area contributed by atoms with Crippen molar-refractivity contribution in [2.45, 2.75) is 31.5 Å². The molecule has 2 heterocycles. The molecule has 0 amide bonds. The van der Waals surface area contributed by atoms with E-state index in [0.717, 1.165) is 22.5 Å². The maximum Gasteiger partial charge on any atom is 0.252 e. The fourth-order valence-corrected chi connectivity index (χ4v) is 4.81. The second-order valence-corrected chi connectivity index (χ2v) is 8.51. The van der Waals surface area contributed by atoms with E-state index in [1.165, 1.54) is 11.4 Å². The van der Waals surface area contributed by atoms with Crippen LogP contribution in [0.4, 0.5) is 0 Å². The Kier molecular flexibility index (Phi) is 4.24. The normalized spacial score (nSPS) is 12.3. The summed E-state index contributed by atoms with van der Waals surface area (Å²) in [6, 6.07) is 1.59. The molecule has 0 spiro atoms. The van der Waals surface area contributed by atoms with Crippen molar-refractivity contribution in [1.82, 2.24) is 9.46 Å². The third-order valence-electron chi connectivity index (χ3n) is 3.06. The zero-order valence-corrected chi connectivity index (χ0v) is 14.0. The van der Waals surface area contributed by atoms with Crippen molar-refractivity contribution >= 4 is 33.0 Å². The average molecular weight is 335 g/mol. The lowest BCUT2D eigenvalue weighted by Gasteiger charge is -2.15. The van der Waals surface area contributed by atoms with Crippen LogP contribution in [-0.4, -0.2) is 24.9 Å². The van der Waals surface area contributed by atoms with Crippen LogP contribution in [-0.2, 0) is 16.6 Å². The number of thiophene rings is 1. The molecule has 20 heavy (non-hydrogen) atoms. The Balaban J connectivity index is 2.30. The molecule has 0 bridgehead atoms. The lowest BCUT2D eigenvalue weighted by atomic mass is 10.2. The van der Waals surface area contributed by atoms with Crippen LogP contribution in [0.15, 0.2) is 14.8 Å². The molecule has 0 aliphatic carbocycles. The average Bonchev–Trinajstić information content (AvgIpc) is 2.87. The number of nitrogens with zero attached hydrogens (tertiary/aromatic N) is 2. The molecule has 0 fully saturated rings. The highest BCUT2D eigenvalue weighted by Crippen LogP contribution is 2.32. The molecule has 5 nitrogen and oxygen atoms in total. The first kappa shape index (κ1) is 15.5. The van der Waals surface area contributed by atoms with E-state index in [9.17, 15) is 8.42 Å². The van der Waals surface area contributed by atoms with Gasteiger partial charge in [-0.2, -0.15) is 4.31 Å². The molecular formula is C12H15ClN2O3S2. The van der Waals surface area contributed by atoms with E-state index >= 15 is 0 Å². The van der Waals surface area contributed by atoms with Crippen molar-refractivity contribution < 1.29 is 12.9 Å². The van der Waals surface area contributed by atoms with E-state index in [-0.39, 0.29) is 10.8 Å². The highest BCUT2D eigenvalue weighted by Gasteiger charge is 2.25. The summed E-state index contributed by atoms with van der Waals surface area (Å²) in [5.74, 6) is 0.630. The molecule has 110 valence electrons. The molecule has 0 aliphatic rings. The van der Waals surface area contributed by atoms with Gasteiger partial charge in [-0.05, 0) is 32.4 Å². The van der Waals surface area contributed by atoms with E-state index in [0.29, 0.717) is 15.8 Å². The quantitative estimate of drug-likeness (QED) is 0.861. The largest absolute Gasteiger partial charge is 0.361 e. The van der Waals surface area contributed by atoms with Crippen LogP contribution >= 0.6 is 22.9 Å². The lowest BCUT2D eigenvalue weighted by Crippen LogP contribution is -2.26. The van der Waals surface area contributed by atoms with Crippen molar-refractivity contribution in [2.24, 2.45) is 0 Å². The van der Waals surface area contributed by atoms with E-state index in [1.54, 1.807) is 26.8 Å². The minimum absolute atomic E-state index is 0.220. The van der Waals surface area contributed by atoms with Crippen LogP contribution in [0.5, 0.6) is 0 Å². The predicted molar refractivity (Wildman–Crippen MR) is 78.7 cm³/mol. The van der Waals surface area contributed by atoms with Crippen molar-refractivity contribution in [3.63, 3.8) is 0 Å². The SMILES string of the molecule is Cc1cc(S(=O)(=O)N(C)Cc2c(C)noc2C)sc1Cl. The topological polar surface area (TPSA) is 63.4 Å². The smallest absolute Gasteiger partial charge is 0.252 e. The van der Waals surface area contributed by atoms with E-state index in [4.69, 9.17) is 16.1 Å². The number of rotatable bonds is 4. The van der Waals surface area contributed by atoms with Crippen LogP contribution < -0.4 is 0 Å². The van der Waals surface area contributed by atoms with Crippen LogP contribution in [0.2, 0.25) is 4.34 Å². The summed E-state index contributed by atoms with van der Waals surface area (Å²) >= 11 is 7.01. The minimum Gasteiger partial charge on any atom is -0.361 e. The molecule has 0 saturated heterocycles. The zero-order chi connectivity index (χ0) is 15.1. The zero-order valence-electron chi connectivity index (χ0n) is 11.6. The van der Waals surface area contributed by atoms with Gasteiger partial charge < -0.3 is 4.52 Å². The molecule has 0 radical (unpaired) electrons. The summed E-state index contributed by atoms with van der Waals surface area (Å²) in [6.45, 7) is 5.56. The first-order chi connectivity index (χ1) is 9.23. The molecule has 0 saturated carbocycles. The standard InChI is InChI=1S/C12H15ClN2O3S2/c1-7-5-11(19-12(7)13)20(16,17)15(4)6-10-8(2)14-18-9(10)3/h5H,6H2,1-4H3. The second kappa shape index (κ2) is 5.48. The van der Waals surface area contributed by atoms with E-state index in [1.807, 2.05) is 0 Å². The van der Waals surface area contributed by atoms with Gasteiger partial charge in [-0.15, -0.1) is 11.3 Å². The first-order valence-electron chi connectivity index (χ1n) is 5.87. The van der Waals surface area contributed by atoms with Gasteiger partial charge in [0.1, 0.15) is 9.97 Å². The van der Waals surface area contributed by atoms with Crippen LogP contribution in [0.1, 0.15) is 22.6 Å². The Morgan fingerprint density at radius 3 is 2.50 bits per heavy atom. The van der Waals surface area contributed by atoms with Crippen LogP contribution in [0.25, 0.3) is 0 Å². The van der Waals surface area contributed by atoms with Crippen LogP contribution in [0.3, 0.4) is 0 Å². The number of sulfonamides is 1. The van der Waals surface area contributed by atoms with E-state index in [2.05, 4.69) is 5.16 Å². The molecule has 0 aromatic carbocycles. The van der Waals surface area contributed by atoms with Crippen molar-refractivity contribution in [2.75, 3.05) is 7.05 Å². The maximum atomic E-state index is 12.5. The fourth-order valence-electron chi connectivity index (χ4n) is 1.75. The summed E-state index contributed by atoms with van der Waals surface area (Å²) in [5, 5.41) is 3.83. The highest BCUT2D eigenvalue weighted by atomic mass is 35.5. The fraction of sp³-hybridized carbons (Fsp3) is 0.417. The number of aryl methyl sites for hydroxylation is 3. The molecule has 8 heteroatoms. The minimum atomic E-state index is -3.55. The Morgan fingerprint density at radius 2 is 2.05 bits per heavy atom. The Morgan fingerprint density at radius 1 is 1.40 bits per heavy atom. The van der Waals surface area contributed by atoms with Gasteiger partial charge in [-0.1, -0.05) is 16.8 Å². The summed E-state index contributed by atoms with van der Waals surface area (Å²) in [6.07, 6.45) is 0. The van der Waals surface area contributed by atoms with Crippen molar-refractivity contribution in [3.05, 3.63) is 33.0 Å². The molecule has 2 rings (SSSR count). The Labute approximate surface area is 127 Å². The molecule has 2 aromatic rings. The molecule has 0 unspecified atom stereocenters. The lowest BCUT2D eigenvalue weighted by molar-refractivity contribution is 0.390. The third-order valence-corrected chi connectivity index (χ3v) is 6.87. The predicted octanol–water partition coefficient (Wildman–Crippen LogP) is 3.14. The van der Waals surface area contributed by atoms with Gasteiger partial charge in [-0.25, -0.2) is 8.42 Å². The van der Waals surface area contributed by atoms with E-state index < -0.39 is 10.0 Å². The molecule has 2 aromatic heterocycles. The number of halogens is 1. The summed E-state index contributed by atoms with van der Waals surface area (Å²) in [5.41, 5.74) is 2.25. The van der Waals surface area contributed by atoms with Crippen molar-refractivity contribution in [1.29, 1.82) is 0 Å². The van der Waals surface area contributed by atoms with Gasteiger partial charge in [0.05, 0.1) is 10.0 Å². The highest BCUT2D eigenvalue weighted by molar-refractivity contribution is 7.91. The summed E-state index contributed by atoms with van der Waals surface area (Å²) in [7, 11) is -2.02. The molecule has 0 atom stereocenters. The summed E-state index contributed by atoms with van der Waals surface area (Å²) in [4.78, 5) is 0. The first-order valence-corrected chi connectivity index (χ1v) is 8.51. The van der Waals surface area contributed by atoms with Gasteiger partial charge in [0, 0.05) is 19.2 Å².